The zero-order chi connectivity index (χ0) is 20.5. The van der Waals surface area contributed by atoms with Crippen molar-refractivity contribution in [3.8, 4) is 11.5 Å². The van der Waals surface area contributed by atoms with E-state index in [1.807, 2.05) is 62.4 Å². The summed E-state index contributed by atoms with van der Waals surface area (Å²) in [7, 11) is 0. The smallest absolute Gasteiger partial charge is 0.244 e. The zero-order valence-electron chi connectivity index (χ0n) is 16.9. The van der Waals surface area contributed by atoms with Crippen LogP contribution in [-0.2, 0) is 11.2 Å². The zero-order valence-corrected chi connectivity index (χ0v) is 16.9. The van der Waals surface area contributed by atoms with Gasteiger partial charge in [-0.3, -0.25) is 9.78 Å². The van der Waals surface area contributed by atoms with E-state index < -0.39 is 0 Å². The lowest BCUT2D eigenvalue weighted by Crippen LogP contribution is -2.23. The molecule has 5 heteroatoms. The van der Waals surface area contributed by atoms with Gasteiger partial charge in [-0.15, -0.1) is 0 Å². The van der Waals surface area contributed by atoms with Crippen LogP contribution in [0.4, 0.5) is 0 Å². The molecule has 3 rings (SSSR count). The molecular formula is C24H26N2O3. The molecule has 1 N–H and O–H groups in total. The molecule has 3 aromatic rings. The topological polar surface area (TPSA) is 60.5 Å². The fraction of sp³-hybridized carbons (Fsp3) is 0.250. The Morgan fingerprint density at radius 2 is 1.83 bits per heavy atom. The average molecular weight is 390 g/mol. The van der Waals surface area contributed by atoms with Gasteiger partial charge in [0, 0.05) is 29.8 Å². The molecule has 0 spiro atoms. The lowest BCUT2D eigenvalue weighted by atomic mass is 10.1. The predicted molar refractivity (Wildman–Crippen MR) is 116 cm³/mol. The van der Waals surface area contributed by atoms with Crippen LogP contribution in [0.3, 0.4) is 0 Å². The third kappa shape index (κ3) is 5.57. The molecule has 0 saturated heterocycles. The highest BCUT2D eigenvalue weighted by atomic mass is 16.5. The van der Waals surface area contributed by atoms with Crippen LogP contribution in [0, 0.1) is 0 Å². The molecule has 0 fully saturated rings. The van der Waals surface area contributed by atoms with E-state index in [0.29, 0.717) is 26.2 Å². The summed E-state index contributed by atoms with van der Waals surface area (Å²) in [6.45, 7) is 5.60. The van der Waals surface area contributed by atoms with Gasteiger partial charge in [0.25, 0.3) is 0 Å². The lowest BCUT2D eigenvalue weighted by Gasteiger charge is -2.12. The molecule has 0 unspecified atom stereocenters. The third-order valence-corrected chi connectivity index (χ3v) is 4.40. The Labute approximate surface area is 171 Å². The van der Waals surface area contributed by atoms with Crippen molar-refractivity contribution in [2.24, 2.45) is 0 Å². The number of carbonyl (C=O) groups excluding carboxylic acids is 1. The van der Waals surface area contributed by atoms with Crippen molar-refractivity contribution in [1.82, 2.24) is 10.3 Å². The van der Waals surface area contributed by atoms with Gasteiger partial charge in [0.2, 0.25) is 5.91 Å². The van der Waals surface area contributed by atoms with Crippen LogP contribution in [0.2, 0.25) is 0 Å². The van der Waals surface area contributed by atoms with E-state index in [-0.39, 0.29) is 5.91 Å². The number of fused-ring (bicyclic) bond motifs is 1. The molecule has 2 aromatic carbocycles. The molecule has 0 saturated carbocycles. The van der Waals surface area contributed by atoms with Gasteiger partial charge in [0.15, 0.2) is 11.5 Å². The second kappa shape index (κ2) is 10.3. The first kappa shape index (κ1) is 20.4. The Morgan fingerprint density at radius 1 is 1.03 bits per heavy atom. The minimum Gasteiger partial charge on any atom is -0.490 e. The summed E-state index contributed by atoms with van der Waals surface area (Å²) >= 11 is 0. The number of ether oxygens (including phenoxy) is 2. The molecule has 0 atom stereocenters. The van der Waals surface area contributed by atoms with Crippen LogP contribution in [0.1, 0.15) is 25.0 Å². The summed E-state index contributed by atoms with van der Waals surface area (Å²) in [6, 6.07) is 15.7. The van der Waals surface area contributed by atoms with Crippen LogP contribution in [-0.4, -0.2) is 30.6 Å². The van der Waals surface area contributed by atoms with Gasteiger partial charge < -0.3 is 14.8 Å². The van der Waals surface area contributed by atoms with Gasteiger partial charge in [-0.25, -0.2) is 0 Å². The van der Waals surface area contributed by atoms with Gasteiger partial charge in [-0.2, -0.15) is 0 Å². The second-order valence-corrected chi connectivity index (χ2v) is 6.44. The molecule has 0 aliphatic heterocycles. The molecule has 1 amide bonds. The number of nitrogens with one attached hydrogen (secondary N) is 1. The number of carbonyl (C=O) groups is 1. The molecule has 5 nitrogen and oxygen atoms in total. The number of rotatable bonds is 9. The van der Waals surface area contributed by atoms with E-state index in [2.05, 4.69) is 10.3 Å². The number of hydrogen-bond donors (Lipinski definition) is 1. The molecule has 0 bridgehead atoms. The largest absolute Gasteiger partial charge is 0.490 e. The molecule has 29 heavy (non-hydrogen) atoms. The molecule has 0 aliphatic carbocycles. The van der Waals surface area contributed by atoms with Gasteiger partial charge in [-0.1, -0.05) is 30.3 Å². The number of benzene rings is 2. The summed E-state index contributed by atoms with van der Waals surface area (Å²) in [5.74, 6) is 1.35. The van der Waals surface area contributed by atoms with Crippen molar-refractivity contribution in [2.45, 2.75) is 20.3 Å². The highest BCUT2D eigenvalue weighted by molar-refractivity contribution is 5.95. The molecular weight excluding hydrogens is 364 g/mol. The Kier molecular flexibility index (Phi) is 7.22. The highest BCUT2D eigenvalue weighted by Gasteiger charge is 2.06. The number of pyridine rings is 1. The van der Waals surface area contributed by atoms with Crippen LogP contribution in [0.15, 0.2) is 60.8 Å². The second-order valence-electron chi connectivity index (χ2n) is 6.44. The van der Waals surface area contributed by atoms with Crippen molar-refractivity contribution < 1.29 is 14.3 Å². The number of aromatic nitrogens is 1. The number of nitrogens with zero attached hydrogens (tertiary/aromatic N) is 1. The fourth-order valence-electron chi connectivity index (χ4n) is 3.07. The van der Waals surface area contributed by atoms with Crippen molar-refractivity contribution in [1.29, 1.82) is 0 Å². The van der Waals surface area contributed by atoms with E-state index in [4.69, 9.17) is 9.47 Å². The summed E-state index contributed by atoms with van der Waals surface area (Å²) in [5.41, 5.74) is 2.89. The summed E-state index contributed by atoms with van der Waals surface area (Å²) in [5, 5.41) is 3.97. The Morgan fingerprint density at radius 3 is 2.66 bits per heavy atom. The first-order valence-electron chi connectivity index (χ1n) is 9.89. The Balaban J connectivity index is 1.57. The molecule has 1 heterocycles. The number of amides is 1. The molecule has 1 aromatic heterocycles. The Bertz CT molecular complexity index is 993. The summed E-state index contributed by atoms with van der Waals surface area (Å²) in [4.78, 5) is 16.6. The van der Waals surface area contributed by atoms with Crippen molar-refractivity contribution in [3.05, 3.63) is 71.9 Å². The summed E-state index contributed by atoms with van der Waals surface area (Å²) < 4.78 is 11.2. The average Bonchev–Trinajstić information content (AvgIpc) is 2.74. The van der Waals surface area contributed by atoms with E-state index in [1.165, 1.54) is 0 Å². The van der Waals surface area contributed by atoms with E-state index in [9.17, 15) is 4.79 Å². The quantitative estimate of drug-likeness (QED) is 0.550. The number of para-hydroxylation sites is 1. The van der Waals surface area contributed by atoms with Gasteiger partial charge >= 0.3 is 0 Å². The van der Waals surface area contributed by atoms with Crippen LogP contribution in [0.5, 0.6) is 11.5 Å². The molecule has 150 valence electrons. The maximum absolute atomic E-state index is 12.2. The van der Waals surface area contributed by atoms with Gasteiger partial charge in [0.05, 0.1) is 18.7 Å². The monoisotopic (exact) mass is 390 g/mol. The van der Waals surface area contributed by atoms with Crippen LogP contribution < -0.4 is 14.8 Å². The van der Waals surface area contributed by atoms with Crippen molar-refractivity contribution in [3.63, 3.8) is 0 Å². The van der Waals surface area contributed by atoms with Crippen LogP contribution >= 0.6 is 0 Å². The SMILES string of the molecule is CCOc1ccc(CCNC(=O)C=Cc2cccc3cccnc23)cc1OCC. The maximum Gasteiger partial charge on any atom is 0.244 e. The minimum absolute atomic E-state index is 0.131. The van der Waals surface area contributed by atoms with E-state index in [0.717, 1.165) is 33.5 Å². The van der Waals surface area contributed by atoms with Crippen molar-refractivity contribution >= 4 is 22.9 Å². The maximum atomic E-state index is 12.2. The molecule has 0 aliphatic rings. The summed E-state index contributed by atoms with van der Waals surface area (Å²) in [6.07, 6.45) is 5.82. The van der Waals surface area contributed by atoms with E-state index >= 15 is 0 Å². The normalized spacial score (nSPS) is 11.0. The van der Waals surface area contributed by atoms with E-state index in [1.54, 1.807) is 18.3 Å². The first-order valence-corrected chi connectivity index (χ1v) is 9.89. The standard InChI is InChI=1S/C24H26N2O3/c1-3-28-21-12-10-18(17-22(21)29-4-2)14-16-25-23(27)13-11-20-8-5-7-19-9-6-15-26-24(19)20/h5-13,15,17H,3-4,14,16H2,1-2H3,(H,25,27). The molecule has 0 radical (unpaired) electrons. The minimum atomic E-state index is -0.131. The highest BCUT2D eigenvalue weighted by Crippen LogP contribution is 2.28. The Hall–Kier alpha value is -3.34. The van der Waals surface area contributed by atoms with Gasteiger partial charge in [0.1, 0.15) is 0 Å². The van der Waals surface area contributed by atoms with Crippen LogP contribution in [0.25, 0.3) is 17.0 Å². The first-order chi connectivity index (χ1) is 14.2. The lowest BCUT2D eigenvalue weighted by molar-refractivity contribution is -0.116. The number of hydrogen-bond acceptors (Lipinski definition) is 4. The fourth-order valence-corrected chi connectivity index (χ4v) is 3.07. The predicted octanol–water partition coefficient (Wildman–Crippen LogP) is 4.40. The third-order valence-electron chi connectivity index (χ3n) is 4.40. The van der Waals surface area contributed by atoms with Gasteiger partial charge in [-0.05, 0) is 50.1 Å². The van der Waals surface area contributed by atoms with Crippen molar-refractivity contribution in [2.75, 3.05) is 19.8 Å².